The lowest BCUT2D eigenvalue weighted by Crippen LogP contribution is -2.26. The molecule has 0 saturated heterocycles. The molecule has 0 heterocycles. The van der Waals surface area contributed by atoms with Crippen molar-refractivity contribution in [2.75, 3.05) is 6.54 Å². The molecule has 0 unspecified atom stereocenters. The van der Waals surface area contributed by atoms with Crippen LogP contribution in [0.2, 0.25) is 5.02 Å². The fourth-order valence-electron chi connectivity index (χ4n) is 1.86. The van der Waals surface area contributed by atoms with Crippen molar-refractivity contribution in [3.63, 3.8) is 0 Å². The van der Waals surface area contributed by atoms with Crippen LogP contribution in [-0.2, 0) is 16.1 Å². The van der Waals surface area contributed by atoms with Gasteiger partial charge in [0.15, 0.2) is 0 Å². The smallest absolute Gasteiger partial charge is 0.407 e. The fourth-order valence-corrected chi connectivity index (χ4v) is 2.05. The first-order valence-electron chi connectivity index (χ1n) is 7.10. The Hall–Kier alpha value is -1.79. The van der Waals surface area contributed by atoms with E-state index in [0.717, 1.165) is 12.0 Å². The Bertz CT molecular complexity index is 496. The minimum atomic E-state index is -0.895. The van der Waals surface area contributed by atoms with E-state index in [0.29, 0.717) is 24.4 Å². The first kappa shape index (κ1) is 18.3. The number of hydrogen-bond acceptors (Lipinski definition) is 4. The molecule has 122 valence electrons. The molecule has 1 aromatic carbocycles. The fraction of sp³-hybridized carbons (Fsp3) is 0.467. The van der Waals surface area contributed by atoms with Gasteiger partial charge in [0.25, 0.3) is 0 Å². The molecule has 1 amide bonds. The summed E-state index contributed by atoms with van der Waals surface area (Å²) in [6.07, 6.45) is 1.54. The molecular weight excluding hydrogens is 308 g/mol. The van der Waals surface area contributed by atoms with Gasteiger partial charge in [0, 0.05) is 23.2 Å². The molecule has 4 N–H and O–H groups in total. The Labute approximate surface area is 134 Å². The number of carboxylic acid groups (broad SMARTS) is 1. The number of alkyl carbamates (subject to hydrolysis) is 1. The SMILES string of the molecule is N[C@@H](CCCCNC(=O)OCc1ccccc1Cl)CC(=O)O. The van der Waals surface area contributed by atoms with Crippen LogP contribution in [0.3, 0.4) is 0 Å². The lowest BCUT2D eigenvalue weighted by atomic mass is 10.1. The first-order valence-corrected chi connectivity index (χ1v) is 7.48. The zero-order chi connectivity index (χ0) is 16.4. The molecule has 0 bridgehead atoms. The first-order chi connectivity index (χ1) is 10.5. The van der Waals surface area contributed by atoms with Crippen LogP contribution < -0.4 is 11.1 Å². The van der Waals surface area contributed by atoms with Crippen LogP contribution in [0.5, 0.6) is 0 Å². The maximum absolute atomic E-state index is 11.5. The molecule has 0 aliphatic heterocycles. The van der Waals surface area contributed by atoms with Gasteiger partial charge < -0.3 is 20.9 Å². The van der Waals surface area contributed by atoms with Crippen LogP contribution in [-0.4, -0.2) is 29.8 Å². The third kappa shape index (κ3) is 7.85. The van der Waals surface area contributed by atoms with Crippen molar-refractivity contribution in [2.45, 2.75) is 38.3 Å². The molecule has 0 aromatic heterocycles. The van der Waals surface area contributed by atoms with Crippen LogP contribution in [0.4, 0.5) is 4.79 Å². The summed E-state index contributed by atoms with van der Waals surface area (Å²) in [5.41, 5.74) is 6.39. The zero-order valence-electron chi connectivity index (χ0n) is 12.3. The van der Waals surface area contributed by atoms with Gasteiger partial charge in [-0.1, -0.05) is 36.2 Å². The number of nitrogens with two attached hydrogens (primary N) is 1. The van der Waals surface area contributed by atoms with Crippen molar-refractivity contribution in [1.29, 1.82) is 0 Å². The van der Waals surface area contributed by atoms with Gasteiger partial charge in [-0.25, -0.2) is 4.79 Å². The van der Waals surface area contributed by atoms with E-state index in [2.05, 4.69) is 5.32 Å². The molecule has 1 rings (SSSR count). The average molecular weight is 329 g/mol. The quantitative estimate of drug-likeness (QED) is 0.605. The standard InChI is InChI=1S/C15H21ClN2O4/c16-13-7-2-1-5-11(13)10-22-15(21)18-8-4-3-6-12(17)9-14(19)20/h1-2,5,7,12H,3-4,6,8-10,17H2,(H,18,21)(H,19,20)/t12-/m0/s1. The van der Waals surface area contributed by atoms with Crippen LogP contribution in [0.1, 0.15) is 31.2 Å². The molecule has 0 saturated carbocycles. The molecule has 1 aromatic rings. The van der Waals surface area contributed by atoms with Gasteiger partial charge in [-0.2, -0.15) is 0 Å². The number of halogens is 1. The summed E-state index contributed by atoms with van der Waals surface area (Å²) in [4.78, 5) is 21.9. The van der Waals surface area contributed by atoms with E-state index in [1.165, 1.54) is 0 Å². The molecule has 0 fully saturated rings. The van der Waals surface area contributed by atoms with Crippen molar-refractivity contribution in [1.82, 2.24) is 5.32 Å². The normalized spacial score (nSPS) is 11.7. The summed E-state index contributed by atoms with van der Waals surface area (Å²) in [5, 5.41) is 11.8. The van der Waals surface area contributed by atoms with Crippen molar-refractivity contribution in [3.05, 3.63) is 34.9 Å². The van der Waals surface area contributed by atoms with E-state index >= 15 is 0 Å². The third-order valence-corrected chi connectivity index (χ3v) is 3.39. The highest BCUT2D eigenvalue weighted by atomic mass is 35.5. The molecule has 0 aliphatic carbocycles. The predicted molar refractivity (Wildman–Crippen MR) is 83.7 cm³/mol. The Kier molecular flexibility index (Phi) is 8.32. The third-order valence-electron chi connectivity index (χ3n) is 3.02. The summed E-state index contributed by atoms with van der Waals surface area (Å²) in [7, 11) is 0. The van der Waals surface area contributed by atoms with Crippen LogP contribution in [0, 0.1) is 0 Å². The lowest BCUT2D eigenvalue weighted by molar-refractivity contribution is -0.137. The number of ether oxygens (including phenoxy) is 1. The number of rotatable bonds is 9. The molecular formula is C15H21ClN2O4. The highest BCUT2D eigenvalue weighted by Gasteiger charge is 2.08. The summed E-state index contributed by atoms with van der Waals surface area (Å²) < 4.78 is 5.05. The number of benzene rings is 1. The monoisotopic (exact) mass is 328 g/mol. The number of nitrogens with one attached hydrogen (secondary N) is 1. The minimum Gasteiger partial charge on any atom is -0.481 e. The maximum atomic E-state index is 11.5. The largest absolute Gasteiger partial charge is 0.481 e. The van der Waals surface area contributed by atoms with Crippen LogP contribution >= 0.6 is 11.6 Å². The second-order valence-corrected chi connectivity index (χ2v) is 5.36. The molecule has 0 aliphatic rings. The van der Waals surface area contributed by atoms with E-state index < -0.39 is 12.1 Å². The van der Waals surface area contributed by atoms with Crippen LogP contribution in [0.25, 0.3) is 0 Å². The Morgan fingerprint density at radius 3 is 2.73 bits per heavy atom. The predicted octanol–water partition coefficient (Wildman–Crippen LogP) is 2.54. The molecule has 0 spiro atoms. The van der Waals surface area contributed by atoms with Gasteiger partial charge in [-0.15, -0.1) is 0 Å². The van der Waals surface area contributed by atoms with Crippen molar-refractivity contribution in [2.24, 2.45) is 5.73 Å². The second kappa shape index (κ2) is 10.0. The number of aliphatic carboxylic acids is 1. The van der Waals surface area contributed by atoms with Crippen molar-refractivity contribution < 1.29 is 19.4 Å². The summed E-state index contributed by atoms with van der Waals surface area (Å²) in [5.74, 6) is -0.895. The van der Waals surface area contributed by atoms with E-state index in [-0.39, 0.29) is 19.1 Å². The number of carboxylic acids is 1. The zero-order valence-corrected chi connectivity index (χ0v) is 13.0. The average Bonchev–Trinajstić information content (AvgIpc) is 2.45. The van der Waals surface area contributed by atoms with Crippen molar-refractivity contribution >= 4 is 23.7 Å². The maximum Gasteiger partial charge on any atom is 0.407 e. The Balaban J connectivity index is 2.09. The number of carbonyl (C=O) groups excluding carboxylic acids is 1. The highest BCUT2D eigenvalue weighted by Crippen LogP contribution is 2.15. The summed E-state index contributed by atoms with van der Waals surface area (Å²) in [6.45, 7) is 0.580. The molecule has 7 heteroatoms. The molecule has 1 atom stereocenters. The van der Waals surface area contributed by atoms with E-state index in [1.807, 2.05) is 6.07 Å². The molecule has 6 nitrogen and oxygen atoms in total. The summed E-state index contributed by atoms with van der Waals surface area (Å²) >= 11 is 5.95. The lowest BCUT2D eigenvalue weighted by Gasteiger charge is -2.10. The van der Waals surface area contributed by atoms with Gasteiger partial charge >= 0.3 is 12.1 Å². The van der Waals surface area contributed by atoms with E-state index in [1.54, 1.807) is 18.2 Å². The molecule has 0 radical (unpaired) electrons. The number of hydrogen-bond donors (Lipinski definition) is 3. The topological polar surface area (TPSA) is 102 Å². The minimum absolute atomic E-state index is 0.0344. The number of unbranched alkanes of at least 4 members (excludes halogenated alkanes) is 1. The number of amides is 1. The van der Waals surface area contributed by atoms with E-state index in [9.17, 15) is 9.59 Å². The second-order valence-electron chi connectivity index (χ2n) is 4.95. The van der Waals surface area contributed by atoms with Gasteiger partial charge in [0.05, 0.1) is 6.42 Å². The molecule has 22 heavy (non-hydrogen) atoms. The summed E-state index contributed by atoms with van der Waals surface area (Å²) in [6, 6.07) is 6.81. The van der Waals surface area contributed by atoms with Gasteiger partial charge in [0.2, 0.25) is 0 Å². The Morgan fingerprint density at radius 2 is 2.05 bits per heavy atom. The number of carbonyl (C=O) groups is 2. The van der Waals surface area contributed by atoms with Gasteiger partial charge in [-0.3, -0.25) is 4.79 Å². The Morgan fingerprint density at radius 1 is 1.32 bits per heavy atom. The van der Waals surface area contributed by atoms with Gasteiger partial charge in [-0.05, 0) is 18.9 Å². The van der Waals surface area contributed by atoms with E-state index in [4.69, 9.17) is 27.2 Å². The van der Waals surface area contributed by atoms with Crippen LogP contribution in [0.15, 0.2) is 24.3 Å². The highest BCUT2D eigenvalue weighted by molar-refractivity contribution is 6.31. The van der Waals surface area contributed by atoms with Crippen molar-refractivity contribution in [3.8, 4) is 0 Å². The van der Waals surface area contributed by atoms with Gasteiger partial charge in [0.1, 0.15) is 6.61 Å².